The lowest BCUT2D eigenvalue weighted by molar-refractivity contribution is -0.385. The molecular formula is C15H17N3O4. The number of para-hydroxylation sites is 1. The molecule has 7 nitrogen and oxygen atoms in total. The molecule has 2 aromatic rings. The van der Waals surface area contributed by atoms with Crippen molar-refractivity contribution >= 4 is 11.7 Å². The Labute approximate surface area is 127 Å². The number of esters is 1. The molecule has 0 saturated heterocycles. The Morgan fingerprint density at radius 1 is 1.36 bits per heavy atom. The third-order valence-electron chi connectivity index (χ3n) is 3.21. The van der Waals surface area contributed by atoms with Crippen LogP contribution in [0.3, 0.4) is 0 Å². The molecule has 0 saturated carbocycles. The molecule has 2 rings (SSSR count). The van der Waals surface area contributed by atoms with Crippen molar-refractivity contribution in [3.63, 3.8) is 0 Å². The second-order valence-electron chi connectivity index (χ2n) is 4.95. The standard InChI is InChI=1S/C15H17N3O4/c1-11-9-12(2)17(16-11)8-7-15(19)22-10-13-5-3-4-6-14(13)18(20)21/h3-6,9H,7-8,10H2,1-2H3. The van der Waals surface area contributed by atoms with E-state index in [1.807, 2.05) is 19.9 Å². The predicted octanol–water partition coefficient (Wildman–Crippen LogP) is 2.54. The van der Waals surface area contributed by atoms with Gasteiger partial charge >= 0.3 is 5.97 Å². The molecule has 0 atom stereocenters. The topological polar surface area (TPSA) is 87.3 Å². The van der Waals surface area contributed by atoms with Crippen molar-refractivity contribution < 1.29 is 14.5 Å². The van der Waals surface area contributed by atoms with Gasteiger partial charge in [0, 0.05) is 11.8 Å². The number of rotatable bonds is 6. The first kappa shape index (κ1) is 15.7. The van der Waals surface area contributed by atoms with Gasteiger partial charge in [0.05, 0.1) is 29.1 Å². The number of nitrogens with zero attached hydrogens (tertiary/aromatic N) is 3. The van der Waals surface area contributed by atoms with E-state index < -0.39 is 10.9 Å². The molecule has 0 spiro atoms. The van der Waals surface area contributed by atoms with Gasteiger partial charge in [0.1, 0.15) is 6.61 Å². The zero-order valence-electron chi connectivity index (χ0n) is 12.5. The number of ether oxygens (including phenoxy) is 1. The maximum absolute atomic E-state index is 11.8. The zero-order chi connectivity index (χ0) is 16.1. The van der Waals surface area contributed by atoms with Crippen LogP contribution in [0.2, 0.25) is 0 Å². The molecule has 0 fully saturated rings. The van der Waals surface area contributed by atoms with Crippen LogP contribution in [-0.2, 0) is 22.7 Å². The molecule has 0 unspecified atom stereocenters. The molecule has 1 aromatic carbocycles. The van der Waals surface area contributed by atoms with Gasteiger partial charge in [-0.1, -0.05) is 12.1 Å². The zero-order valence-corrected chi connectivity index (χ0v) is 12.5. The molecule has 0 aliphatic carbocycles. The van der Waals surface area contributed by atoms with E-state index in [2.05, 4.69) is 5.10 Å². The number of aryl methyl sites for hydroxylation is 3. The van der Waals surface area contributed by atoms with E-state index in [0.717, 1.165) is 11.4 Å². The minimum absolute atomic E-state index is 0.0474. The van der Waals surface area contributed by atoms with E-state index in [-0.39, 0.29) is 18.7 Å². The minimum Gasteiger partial charge on any atom is -0.460 e. The number of aromatic nitrogens is 2. The third-order valence-corrected chi connectivity index (χ3v) is 3.21. The number of carbonyl (C=O) groups excluding carboxylic acids is 1. The number of hydrogen-bond acceptors (Lipinski definition) is 5. The van der Waals surface area contributed by atoms with Crippen LogP contribution >= 0.6 is 0 Å². The molecule has 0 aliphatic heterocycles. The summed E-state index contributed by atoms with van der Waals surface area (Å²) in [6.45, 7) is 4.12. The van der Waals surface area contributed by atoms with Gasteiger partial charge in [-0.05, 0) is 26.0 Å². The van der Waals surface area contributed by atoms with Gasteiger partial charge in [-0.25, -0.2) is 0 Å². The van der Waals surface area contributed by atoms with Gasteiger partial charge in [0.25, 0.3) is 5.69 Å². The van der Waals surface area contributed by atoms with Gasteiger partial charge in [-0.15, -0.1) is 0 Å². The summed E-state index contributed by atoms with van der Waals surface area (Å²) in [6, 6.07) is 8.14. The third kappa shape index (κ3) is 3.91. The van der Waals surface area contributed by atoms with Crippen molar-refractivity contribution in [1.29, 1.82) is 0 Å². The van der Waals surface area contributed by atoms with Crippen molar-refractivity contribution in [1.82, 2.24) is 9.78 Å². The number of nitro benzene ring substituents is 1. The quantitative estimate of drug-likeness (QED) is 0.465. The fourth-order valence-corrected chi connectivity index (χ4v) is 2.14. The molecule has 0 aliphatic rings. The fraction of sp³-hybridized carbons (Fsp3) is 0.333. The Morgan fingerprint density at radius 3 is 2.73 bits per heavy atom. The van der Waals surface area contributed by atoms with Crippen LogP contribution in [0.1, 0.15) is 23.4 Å². The van der Waals surface area contributed by atoms with Crippen molar-refractivity contribution in [2.75, 3.05) is 0 Å². The summed E-state index contributed by atoms with van der Waals surface area (Å²) in [4.78, 5) is 22.1. The lowest BCUT2D eigenvalue weighted by Gasteiger charge is -2.06. The van der Waals surface area contributed by atoms with E-state index in [1.165, 1.54) is 6.07 Å². The Morgan fingerprint density at radius 2 is 2.09 bits per heavy atom. The highest BCUT2D eigenvalue weighted by Crippen LogP contribution is 2.18. The monoisotopic (exact) mass is 303 g/mol. The first-order chi connectivity index (χ1) is 10.5. The molecular weight excluding hydrogens is 286 g/mol. The number of carbonyl (C=O) groups is 1. The van der Waals surface area contributed by atoms with Gasteiger partial charge in [0.15, 0.2) is 0 Å². The Balaban J connectivity index is 1.88. The molecule has 7 heteroatoms. The summed E-state index contributed by atoms with van der Waals surface area (Å²) < 4.78 is 6.84. The first-order valence-corrected chi connectivity index (χ1v) is 6.86. The molecule has 1 aromatic heterocycles. The SMILES string of the molecule is Cc1cc(C)n(CCC(=O)OCc2ccccc2[N+](=O)[O-])n1. The minimum atomic E-state index is -0.487. The average molecular weight is 303 g/mol. The van der Waals surface area contributed by atoms with Crippen LogP contribution in [0.15, 0.2) is 30.3 Å². The highest BCUT2D eigenvalue weighted by molar-refractivity contribution is 5.69. The summed E-state index contributed by atoms with van der Waals surface area (Å²) in [5.74, 6) is -0.411. The summed E-state index contributed by atoms with van der Waals surface area (Å²) in [7, 11) is 0. The normalized spacial score (nSPS) is 10.5. The Bertz CT molecular complexity index is 694. The van der Waals surface area contributed by atoms with Crippen LogP contribution < -0.4 is 0 Å². The molecule has 22 heavy (non-hydrogen) atoms. The maximum Gasteiger partial charge on any atom is 0.308 e. The van der Waals surface area contributed by atoms with Crippen LogP contribution in [0, 0.1) is 24.0 Å². The molecule has 0 radical (unpaired) electrons. The molecule has 0 N–H and O–H groups in total. The lowest BCUT2D eigenvalue weighted by Crippen LogP contribution is -2.11. The summed E-state index contributed by atoms with van der Waals surface area (Å²) in [5.41, 5.74) is 2.20. The second kappa shape index (κ2) is 6.84. The summed E-state index contributed by atoms with van der Waals surface area (Å²) in [5, 5.41) is 15.1. The van der Waals surface area contributed by atoms with E-state index in [9.17, 15) is 14.9 Å². The number of benzene rings is 1. The van der Waals surface area contributed by atoms with Crippen molar-refractivity contribution in [3.05, 3.63) is 57.4 Å². The predicted molar refractivity (Wildman–Crippen MR) is 79.2 cm³/mol. The molecule has 116 valence electrons. The smallest absolute Gasteiger partial charge is 0.308 e. The van der Waals surface area contributed by atoms with Crippen molar-refractivity contribution in [2.24, 2.45) is 0 Å². The summed E-state index contributed by atoms with van der Waals surface area (Å²) >= 11 is 0. The van der Waals surface area contributed by atoms with Gasteiger partial charge in [0.2, 0.25) is 0 Å². The number of hydrogen-bond donors (Lipinski definition) is 0. The van der Waals surface area contributed by atoms with Crippen LogP contribution in [0.25, 0.3) is 0 Å². The van der Waals surface area contributed by atoms with E-state index in [1.54, 1.807) is 22.9 Å². The number of nitro groups is 1. The highest BCUT2D eigenvalue weighted by Gasteiger charge is 2.14. The highest BCUT2D eigenvalue weighted by atomic mass is 16.6. The van der Waals surface area contributed by atoms with Gasteiger partial charge < -0.3 is 4.74 Å². The van der Waals surface area contributed by atoms with Crippen LogP contribution in [0.5, 0.6) is 0 Å². The lowest BCUT2D eigenvalue weighted by atomic mass is 10.2. The Kier molecular flexibility index (Phi) is 4.88. The maximum atomic E-state index is 11.8. The van der Waals surface area contributed by atoms with Crippen LogP contribution in [0.4, 0.5) is 5.69 Å². The van der Waals surface area contributed by atoms with Crippen LogP contribution in [-0.4, -0.2) is 20.7 Å². The molecule has 0 bridgehead atoms. The summed E-state index contributed by atoms with van der Waals surface area (Å²) in [6.07, 6.45) is 0.169. The first-order valence-electron chi connectivity index (χ1n) is 6.86. The fourth-order valence-electron chi connectivity index (χ4n) is 2.14. The molecule has 0 amide bonds. The van der Waals surface area contributed by atoms with Crippen molar-refractivity contribution in [3.8, 4) is 0 Å². The molecule has 1 heterocycles. The largest absolute Gasteiger partial charge is 0.460 e. The van der Waals surface area contributed by atoms with E-state index in [4.69, 9.17) is 4.74 Å². The second-order valence-corrected chi connectivity index (χ2v) is 4.95. The Hall–Kier alpha value is -2.70. The van der Waals surface area contributed by atoms with Crippen molar-refractivity contribution in [2.45, 2.75) is 33.4 Å². The van der Waals surface area contributed by atoms with E-state index >= 15 is 0 Å². The average Bonchev–Trinajstić information content (AvgIpc) is 2.81. The van der Waals surface area contributed by atoms with Gasteiger partial charge in [-0.3, -0.25) is 19.6 Å². The van der Waals surface area contributed by atoms with E-state index in [0.29, 0.717) is 12.1 Å². The van der Waals surface area contributed by atoms with Gasteiger partial charge in [-0.2, -0.15) is 5.10 Å².